The summed E-state index contributed by atoms with van der Waals surface area (Å²) in [6.07, 6.45) is 20.1. The van der Waals surface area contributed by atoms with Crippen molar-refractivity contribution in [2.45, 2.75) is 156 Å². The maximum absolute atomic E-state index is 7.11. The van der Waals surface area contributed by atoms with Gasteiger partial charge in [0.15, 0.2) is 0 Å². The van der Waals surface area contributed by atoms with Gasteiger partial charge in [-0.2, -0.15) is 0 Å². The molecule has 4 aromatic carbocycles. The van der Waals surface area contributed by atoms with Crippen LogP contribution < -0.4 is 37.9 Å². The molecule has 0 aromatic heterocycles. The van der Waals surface area contributed by atoms with E-state index in [1.807, 2.05) is 0 Å². The molecule has 0 spiro atoms. The van der Waals surface area contributed by atoms with Crippen molar-refractivity contribution in [3.05, 3.63) is 93.0 Å². The van der Waals surface area contributed by atoms with Gasteiger partial charge in [-0.1, -0.05) is 195 Å². The van der Waals surface area contributed by atoms with Crippen LogP contribution in [0.4, 0.5) is 0 Å². The van der Waals surface area contributed by atoms with Crippen molar-refractivity contribution in [2.24, 2.45) is 0 Å². The summed E-state index contributed by atoms with van der Waals surface area (Å²) in [6, 6.07) is 17.7. The number of unbranched alkanes of at least 4 members (excludes halogenated alkanes) is 12. The number of hydrogen-bond donors (Lipinski definition) is 0. The van der Waals surface area contributed by atoms with E-state index in [1.54, 1.807) is 0 Å². The lowest BCUT2D eigenvalue weighted by Crippen LogP contribution is -2.12. The van der Waals surface area contributed by atoms with Crippen molar-refractivity contribution >= 4 is 90.4 Å². The molecule has 0 unspecified atom stereocenters. The zero-order valence-corrected chi connectivity index (χ0v) is 52.7. The Hall–Kier alpha value is -1.80. The molecule has 0 saturated heterocycles. The van der Waals surface area contributed by atoms with E-state index in [4.69, 9.17) is 37.9 Å². The molecule has 0 fully saturated rings. The van der Waals surface area contributed by atoms with E-state index >= 15 is 0 Å². The van der Waals surface area contributed by atoms with Crippen LogP contribution in [-0.4, -0.2) is 70.6 Å². The zero-order chi connectivity index (χ0) is 51.2. The molecule has 0 atom stereocenters. The van der Waals surface area contributed by atoms with Gasteiger partial charge < -0.3 is 37.9 Å². The number of fused-ring (bicyclic) bond motifs is 8. The first-order valence-electron chi connectivity index (χ1n) is 27.3. The van der Waals surface area contributed by atoms with Crippen LogP contribution in [0.15, 0.2) is 48.5 Å². The van der Waals surface area contributed by atoms with E-state index in [1.165, 1.54) is 51.4 Å². The van der Waals surface area contributed by atoms with Crippen LogP contribution in [0.2, 0.25) is 0 Å². The highest BCUT2D eigenvalue weighted by molar-refractivity contribution is 14.1. The second-order valence-electron chi connectivity index (χ2n) is 18.8. The smallest absolute Gasteiger partial charge is 0.126 e. The van der Waals surface area contributed by atoms with E-state index in [0.717, 1.165) is 160 Å². The molecular weight excluding hydrogens is 1360 g/mol. The van der Waals surface area contributed by atoms with Gasteiger partial charge in [-0.05, 0) is 74.2 Å². The summed E-state index contributed by atoms with van der Waals surface area (Å²) in [5, 5.41) is 0. The van der Waals surface area contributed by atoms with Crippen molar-refractivity contribution in [3.63, 3.8) is 0 Å². The number of hydrogen-bond acceptors (Lipinski definition) is 8. The minimum absolute atomic E-state index is 0.563. The Morgan fingerprint density at radius 1 is 0.264 bits per heavy atom. The lowest BCUT2D eigenvalue weighted by atomic mass is 9.90. The van der Waals surface area contributed by atoms with Crippen LogP contribution >= 0.6 is 90.4 Å². The van der Waals surface area contributed by atoms with Crippen molar-refractivity contribution in [1.82, 2.24) is 0 Å². The second kappa shape index (κ2) is 36.3. The summed E-state index contributed by atoms with van der Waals surface area (Å²) in [5.41, 5.74) is 8.54. The second-order valence-corrected chi connectivity index (χ2v) is 23.1. The van der Waals surface area contributed by atoms with Gasteiger partial charge in [0.1, 0.15) is 46.0 Å². The van der Waals surface area contributed by atoms with Crippen molar-refractivity contribution in [1.29, 1.82) is 0 Å². The molecular formula is C60H84I4O8. The minimum Gasteiger partial charge on any atom is -0.493 e. The van der Waals surface area contributed by atoms with Crippen LogP contribution in [0.5, 0.6) is 46.0 Å². The van der Waals surface area contributed by atoms with Gasteiger partial charge >= 0.3 is 0 Å². The van der Waals surface area contributed by atoms with Crippen molar-refractivity contribution in [3.8, 4) is 46.0 Å². The third kappa shape index (κ3) is 20.6. The fourth-order valence-electron chi connectivity index (χ4n) is 9.27. The predicted octanol–water partition coefficient (Wildman–Crippen LogP) is 17.5. The summed E-state index contributed by atoms with van der Waals surface area (Å²) < 4.78 is 58.3. The molecule has 1 aliphatic carbocycles. The Labute approximate surface area is 489 Å². The summed E-state index contributed by atoms with van der Waals surface area (Å²) >= 11 is 9.60. The molecule has 1 aliphatic rings. The van der Waals surface area contributed by atoms with E-state index in [9.17, 15) is 0 Å². The molecule has 0 heterocycles. The van der Waals surface area contributed by atoms with E-state index in [-0.39, 0.29) is 0 Å². The molecule has 4 aromatic rings. The number of halogens is 4. The van der Waals surface area contributed by atoms with Crippen LogP contribution in [0.3, 0.4) is 0 Å². The van der Waals surface area contributed by atoms with Crippen LogP contribution in [0.1, 0.15) is 175 Å². The molecule has 400 valence electrons. The monoisotopic (exact) mass is 1440 g/mol. The van der Waals surface area contributed by atoms with Gasteiger partial charge in [-0.15, -0.1) is 0 Å². The first-order chi connectivity index (χ1) is 35.4. The third-order valence-corrected chi connectivity index (χ3v) is 14.5. The molecule has 12 heteroatoms. The number of rotatable bonds is 36. The summed E-state index contributed by atoms with van der Waals surface area (Å²) in [6.45, 7) is 14.0. The Balaban J connectivity index is 1.88. The SMILES string of the molecule is CCCCCCOc1c2cc(OCCI)cc1Cc1cc(OCCI)cc(c1OCCCCCC)Cc1cc(OCCI)cc(c1OCCCCCC)Cc1cc(OCCI)cc(c1OCCCCCC)C2. The fourth-order valence-corrected chi connectivity index (χ4v) is 10.2. The maximum atomic E-state index is 7.11. The third-order valence-electron chi connectivity index (χ3n) is 12.7. The van der Waals surface area contributed by atoms with Gasteiger partial charge in [0.2, 0.25) is 0 Å². The number of benzene rings is 4. The Morgan fingerprint density at radius 2 is 0.458 bits per heavy atom. The fraction of sp³-hybridized carbons (Fsp3) is 0.600. The highest BCUT2D eigenvalue weighted by Gasteiger charge is 2.26. The van der Waals surface area contributed by atoms with Crippen LogP contribution in [0.25, 0.3) is 0 Å². The van der Waals surface area contributed by atoms with Gasteiger partial charge in [0.05, 0.1) is 52.9 Å². The quantitative estimate of drug-likeness (QED) is 0.0223. The summed E-state index contributed by atoms with van der Waals surface area (Å²) in [4.78, 5) is 0. The molecule has 72 heavy (non-hydrogen) atoms. The number of ether oxygens (including phenoxy) is 8. The van der Waals surface area contributed by atoms with Gasteiger partial charge in [0.25, 0.3) is 0 Å². The van der Waals surface area contributed by atoms with Crippen LogP contribution in [0, 0.1) is 0 Å². The zero-order valence-electron chi connectivity index (χ0n) is 44.0. The normalized spacial score (nSPS) is 12.1. The molecule has 0 amide bonds. The van der Waals surface area contributed by atoms with Crippen molar-refractivity contribution in [2.75, 3.05) is 70.6 Å². The maximum Gasteiger partial charge on any atom is 0.126 e. The van der Waals surface area contributed by atoms with Crippen LogP contribution in [-0.2, 0) is 25.7 Å². The predicted molar refractivity (Wildman–Crippen MR) is 333 cm³/mol. The molecule has 8 bridgehead atoms. The highest BCUT2D eigenvalue weighted by atomic mass is 127. The topological polar surface area (TPSA) is 73.8 Å². The van der Waals surface area contributed by atoms with Crippen molar-refractivity contribution < 1.29 is 37.9 Å². The highest BCUT2D eigenvalue weighted by Crippen LogP contribution is 2.44. The first-order valence-corrected chi connectivity index (χ1v) is 33.4. The molecule has 0 N–H and O–H groups in total. The standard InChI is InChI=1S/C60H84I4O8/c1-5-9-13-17-25-69-57-45-33-47-39-54(66-30-22-62)41-49(58(47)70-26-18-14-10-6-2)35-51-43-56(68-32-24-64)44-52(60(51)72-28-20-16-12-8-4)36-50-42-55(67-31-23-63)40-48(59(50)71-27-19-15-11-7-3)34-46(57)38-53(37-45)65-29-21-61/h37-44H,5-36H2,1-4H3. The molecule has 5 rings (SSSR count). The minimum atomic E-state index is 0.563. The Morgan fingerprint density at radius 3 is 0.625 bits per heavy atom. The van der Waals surface area contributed by atoms with E-state index < -0.39 is 0 Å². The van der Waals surface area contributed by atoms with Gasteiger partial charge in [-0.3, -0.25) is 0 Å². The first kappa shape index (κ1) is 61.1. The average molecular weight is 1440 g/mol. The lowest BCUT2D eigenvalue weighted by Gasteiger charge is -2.25. The van der Waals surface area contributed by atoms with E-state index in [2.05, 4.69) is 167 Å². The Bertz CT molecular complexity index is 1770. The lowest BCUT2D eigenvalue weighted by molar-refractivity contribution is 0.290. The average Bonchev–Trinajstić information content (AvgIpc) is 3.38. The molecule has 0 radical (unpaired) electrons. The molecule has 0 aliphatic heterocycles. The molecule has 0 saturated carbocycles. The van der Waals surface area contributed by atoms with E-state index in [0.29, 0.717) is 78.5 Å². The van der Waals surface area contributed by atoms with Gasteiger partial charge in [-0.25, -0.2) is 0 Å². The largest absolute Gasteiger partial charge is 0.493 e. The number of alkyl halides is 4. The van der Waals surface area contributed by atoms with Gasteiger partial charge in [0, 0.05) is 87.9 Å². The molecule has 8 nitrogen and oxygen atoms in total. The summed E-state index contributed by atoms with van der Waals surface area (Å²) in [7, 11) is 0. The Kier molecular flexibility index (Phi) is 30.8. The summed E-state index contributed by atoms with van der Waals surface area (Å²) in [5.74, 6) is 6.98.